The number of esters is 1. The average Bonchev–Trinajstić information content (AvgIpc) is 2.31. The summed E-state index contributed by atoms with van der Waals surface area (Å²) in [4.78, 5) is 24.8. The third-order valence-corrected chi connectivity index (χ3v) is 3.04. The Hall–Kier alpha value is -1.66. The molecule has 116 valence electrons. The molecular weight excluding hydrogens is 412 g/mol. The summed E-state index contributed by atoms with van der Waals surface area (Å²) in [5.74, 6) is -1.69. The van der Waals surface area contributed by atoms with E-state index in [1.807, 2.05) is 0 Å². The second-order valence-corrected chi connectivity index (χ2v) is 4.62. The molecule has 0 N–H and O–H groups in total. The predicted octanol–water partition coefficient (Wildman–Crippen LogP) is 2.60. The van der Waals surface area contributed by atoms with E-state index < -0.39 is 38.8 Å². The number of hydrogen-bond donors (Lipinski definition) is 0. The van der Waals surface area contributed by atoms with Gasteiger partial charge in [0.05, 0.1) is 23.5 Å². The maximum atomic E-state index is 12.2. The quantitative estimate of drug-likeness (QED) is 0.315. The molecule has 0 aliphatic heterocycles. The van der Waals surface area contributed by atoms with Crippen LogP contribution in [0.2, 0.25) is 0 Å². The zero-order valence-electron chi connectivity index (χ0n) is 10.4. The Labute approximate surface area is 129 Å². The fourth-order valence-corrected chi connectivity index (χ4v) is 2.16. The fourth-order valence-electron chi connectivity index (χ4n) is 1.37. The summed E-state index contributed by atoms with van der Waals surface area (Å²) in [5, 5.41) is 11.0. The Bertz CT molecular complexity index is 564. The topological polar surface area (TPSA) is 91.6 Å². The molecule has 0 aliphatic rings. The number of pyridine rings is 1. The van der Waals surface area contributed by atoms with Crippen LogP contribution in [0.4, 0.5) is 18.9 Å². The van der Waals surface area contributed by atoms with Crippen molar-refractivity contribution in [1.29, 1.82) is 0 Å². The van der Waals surface area contributed by atoms with Crippen molar-refractivity contribution in [2.45, 2.75) is 19.7 Å². The van der Waals surface area contributed by atoms with Crippen molar-refractivity contribution in [3.63, 3.8) is 0 Å². The maximum absolute atomic E-state index is 12.2. The summed E-state index contributed by atoms with van der Waals surface area (Å²) in [6.45, 7) is 1.63. The molecule has 0 bridgehead atoms. The molecule has 0 aromatic carbocycles. The molecular formula is C10H8F3IN2O5. The van der Waals surface area contributed by atoms with Crippen LogP contribution in [0.5, 0.6) is 5.88 Å². The van der Waals surface area contributed by atoms with E-state index in [4.69, 9.17) is 0 Å². The Morgan fingerprint density at radius 1 is 1.52 bits per heavy atom. The first-order valence-corrected chi connectivity index (χ1v) is 6.46. The highest BCUT2D eigenvalue weighted by atomic mass is 127. The van der Waals surface area contributed by atoms with Crippen LogP contribution in [0, 0.1) is 13.7 Å². The molecule has 0 radical (unpaired) electrons. The van der Waals surface area contributed by atoms with Crippen LogP contribution in [0.25, 0.3) is 0 Å². The van der Waals surface area contributed by atoms with Crippen molar-refractivity contribution in [2.75, 3.05) is 6.61 Å². The monoisotopic (exact) mass is 420 g/mol. The first-order chi connectivity index (χ1) is 9.65. The Morgan fingerprint density at radius 2 is 2.14 bits per heavy atom. The van der Waals surface area contributed by atoms with Gasteiger partial charge in [-0.1, -0.05) is 0 Å². The van der Waals surface area contributed by atoms with Crippen molar-refractivity contribution in [3.8, 4) is 5.88 Å². The number of carbonyl (C=O) groups excluding carboxylic acids is 1. The number of nitro groups is 1. The van der Waals surface area contributed by atoms with Gasteiger partial charge in [-0.05, 0) is 29.5 Å². The fraction of sp³-hybridized carbons (Fsp3) is 0.400. The first-order valence-electron chi connectivity index (χ1n) is 5.38. The number of aromatic nitrogens is 1. The van der Waals surface area contributed by atoms with Gasteiger partial charge < -0.3 is 9.47 Å². The highest BCUT2D eigenvalue weighted by Crippen LogP contribution is 2.34. The first kappa shape index (κ1) is 17.4. The summed E-state index contributed by atoms with van der Waals surface area (Å²) in [6, 6.07) is 0. The van der Waals surface area contributed by atoms with E-state index in [-0.39, 0.29) is 12.2 Å². The van der Waals surface area contributed by atoms with Gasteiger partial charge in [0.25, 0.3) is 5.69 Å². The lowest BCUT2D eigenvalue weighted by Crippen LogP contribution is -2.19. The molecule has 0 unspecified atom stereocenters. The van der Waals surface area contributed by atoms with Gasteiger partial charge in [-0.2, -0.15) is 0 Å². The SMILES string of the molecule is CCOC(=O)Cc1cnc(OC(F)(F)F)c(I)c1[N+](=O)[O-]. The van der Waals surface area contributed by atoms with E-state index in [0.717, 1.165) is 6.20 Å². The Kier molecular flexibility index (Phi) is 5.69. The number of carbonyl (C=O) groups is 1. The molecule has 1 aromatic rings. The molecule has 0 fully saturated rings. The van der Waals surface area contributed by atoms with Gasteiger partial charge in [0, 0.05) is 6.20 Å². The summed E-state index contributed by atoms with van der Waals surface area (Å²) in [5.41, 5.74) is -0.824. The van der Waals surface area contributed by atoms with Crippen LogP contribution in [-0.2, 0) is 16.0 Å². The summed E-state index contributed by atoms with van der Waals surface area (Å²) in [7, 11) is 0. The smallest absolute Gasteiger partial charge is 0.466 e. The largest absolute Gasteiger partial charge is 0.574 e. The molecule has 0 saturated heterocycles. The van der Waals surface area contributed by atoms with Crippen LogP contribution in [0.1, 0.15) is 12.5 Å². The highest BCUT2D eigenvalue weighted by molar-refractivity contribution is 14.1. The van der Waals surface area contributed by atoms with E-state index in [1.54, 1.807) is 6.92 Å². The minimum Gasteiger partial charge on any atom is -0.466 e. The van der Waals surface area contributed by atoms with Crippen LogP contribution < -0.4 is 4.74 Å². The minimum absolute atomic E-state index is 0.0758. The molecule has 0 amide bonds. The normalized spacial score (nSPS) is 11.1. The van der Waals surface area contributed by atoms with E-state index in [2.05, 4.69) is 14.5 Å². The molecule has 0 aliphatic carbocycles. The zero-order chi connectivity index (χ0) is 16.2. The molecule has 0 spiro atoms. The molecule has 0 atom stereocenters. The highest BCUT2D eigenvalue weighted by Gasteiger charge is 2.35. The predicted molar refractivity (Wildman–Crippen MR) is 70.6 cm³/mol. The maximum Gasteiger partial charge on any atom is 0.574 e. The summed E-state index contributed by atoms with van der Waals surface area (Å²) in [6.07, 6.45) is -4.71. The third-order valence-electron chi connectivity index (χ3n) is 2.07. The summed E-state index contributed by atoms with van der Waals surface area (Å²) >= 11 is 1.31. The lowest BCUT2D eigenvalue weighted by molar-refractivity contribution is -0.386. The lowest BCUT2D eigenvalue weighted by Gasteiger charge is -2.11. The van der Waals surface area contributed by atoms with E-state index in [9.17, 15) is 28.1 Å². The number of ether oxygens (including phenoxy) is 2. The van der Waals surface area contributed by atoms with Crippen LogP contribution in [-0.4, -0.2) is 28.8 Å². The molecule has 11 heteroatoms. The van der Waals surface area contributed by atoms with Crippen LogP contribution in [0.3, 0.4) is 0 Å². The summed E-state index contributed by atoms with van der Waals surface area (Å²) < 4.78 is 44.2. The second-order valence-electron chi connectivity index (χ2n) is 3.54. The van der Waals surface area contributed by atoms with Crippen LogP contribution >= 0.6 is 22.6 Å². The number of rotatable bonds is 5. The Balaban J connectivity index is 3.20. The van der Waals surface area contributed by atoms with Crippen molar-refractivity contribution >= 4 is 34.2 Å². The number of alkyl halides is 3. The van der Waals surface area contributed by atoms with Gasteiger partial charge in [0.1, 0.15) is 0 Å². The van der Waals surface area contributed by atoms with Gasteiger partial charge in [-0.25, -0.2) is 4.98 Å². The van der Waals surface area contributed by atoms with Crippen molar-refractivity contribution in [2.24, 2.45) is 0 Å². The number of halogens is 4. The van der Waals surface area contributed by atoms with Gasteiger partial charge >= 0.3 is 12.3 Å². The lowest BCUT2D eigenvalue weighted by atomic mass is 10.2. The second kappa shape index (κ2) is 6.87. The Morgan fingerprint density at radius 3 is 2.62 bits per heavy atom. The number of hydrogen-bond acceptors (Lipinski definition) is 6. The molecule has 21 heavy (non-hydrogen) atoms. The van der Waals surface area contributed by atoms with Crippen LogP contribution in [0.15, 0.2) is 6.20 Å². The number of nitrogens with zero attached hydrogens (tertiary/aromatic N) is 2. The van der Waals surface area contributed by atoms with Crippen molar-refractivity contribution in [1.82, 2.24) is 4.98 Å². The van der Waals surface area contributed by atoms with E-state index in [0.29, 0.717) is 0 Å². The van der Waals surface area contributed by atoms with Gasteiger partial charge in [0.15, 0.2) is 3.57 Å². The minimum atomic E-state index is -5.02. The van der Waals surface area contributed by atoms with Gasteiger partial charge in [-0.15, -0.1) is 13.2 Å². The van der Waals surface area contributed by atoms with Crippen molar-refractivity contribution < 1.29 is 32.4 Å². The molecule has 7 nitrogen and oxygen atoms in total. The molecule has 1 rings (SSSR count). The van der Waals surface area contributed by atoms with Gasteiger partial charge in [0.2, 0.25) is 5.88 Å². The standard InChI is InChI=1S/C10H8F3IN2O5/c1-2-20-6(17)3-5-4-15-9(21-10(11,12)13)7(14)8(5)16(18)19/h4H,2-3H2,1H3. The molecule has 1 aromatic heterocycles. The third kappa shape index (κ3) is 4.99. The van der Waals surface area contributed by atoms with E-state index >= 15 is 0 Å². The zero-order valence-corrected chi connectivity index (χ0v) is 12.6. The average molecular weight is 420 g/mol. The van der Waals surface area contributed by atoms with E-state index in [1.165, 1.54) is 22.6 Å². The van der Waals surface area contributed by atoms with Crippen molar-refractivity contribution in [3.05, 3.63) is 25.4 Å². The van der Waals surface area contributed by atoms with Gasteiger partial charge in [-0.3, -0.25) is 14.9 Å². The molecule has 1 heterocycles. The molecule has 0 saturated carbocycles.